The summed E-state index contributed by atoms with van der Waals surface area (Å²) in [5.74, 6) is 0.615. The van der Waals surface area contributed by atoms with Crippen LogP contribution in [0.15, 0.2) is 243 Å². The van der Waals surface area contributed by atoms with Gasteiger partial charge >= 0.3 is 0 Å². The third-order valence-electron chi connectivity index (χ3n) is 11.6. The molecule has 0 unspecified atom stereocenters. The molecule has 4 heteroatoms. The normalized spacial score (nSPS) is 11.1. The van der Waals surface area contributed by atoms with Crippen molar-refractivity contribution in [1.82, 2.24) is 19.9 Å². The van der Waals surface area contributed by atoms with Gasteiger partial charge in [-0.25, -0.2) is 19.9 Å². The van der Waals surface area contributed by atoms with E-state index in [4.69, 9.17) is 19.9 Å². The maximum absolute atomic E-state index is 5.42. The van der Waals surface area contributed by atoms with Gasteiger partial charge in [0.15, 0.2) is 5.82 Å². The molecule has 0 aliphatic heterocycles. The Bertz CT molecular complexity index is 3130. The number of hydrogen-bond donors (Lipinski definition) is 0. The molecule has 0 aliphatic rings. The number of nitrogens with zero attached hydrogens (tertiary/aromatic N) is 4. The molecule has 0 bridgehead atoms. The Labute approximate surface area is 373 Å². The van der Waals surface area contributed by atoms with E-state index in [0.717, 1.165) is 106 Å². The molecular weight excluding hydrogens is 777 g/mol. The Morgan fingerprint density at radius 3 is 1.00 bits per heavy atom. The van der Waals surface area contributed by atoms with Gasteiger partial charge in [-0.1, -0.05) is 188 Å². The van der Waals surface area contributed by atoms with Gasteiger partial charge in [-0.15, -0.1) is 0 Å². The second-order valence-corrected chi connectivity index (χ2v) is 15.9. The molecule has 3 aromatic heterocycles. The molecule has 0 radical (unpaired) electrons. The van der Waals surface area contributed by atoms with E-state index in [1.54, 1.807) is 0 Å². The first-order valence-corrected chi connectivity index (χ1v) is 21.5. The maximum atomic E-state index is 5.42. The van der Waals surface area contributed by atoms with Crippen molar-refractivity contribution in [3.63, 3.8) is 0 Å². The van der Waals surface area contributed by atoms with E-state index in [9.17, 15) is 0 Å². The van der Waals surface area contributed by atoms with E-state index in [0.29, 0.717) is 5.82 Å². The Balaban J connectivity index is 1.18. The summed E-state index contributed by atoms with van der Waals surface area (Å²) < 4.78 is 0. The SMILES string of the molecule is c1ccc(-c2cc(-c3ccccc3)nc(-c3cc(-c4cc(-c5ccccc5)cc(-c5ccccc5)n4)cc(-c4nc(-c5ccccc5)c5ccc(-c6ccccc6)cc5n4)c3)c2)cc1. The highest BCUT2D eigenvalue weighted by atomic mass is 14.9. The van der Waals surface area contributed by atoms with E-state index in [1.165, 1.54) is 0 Å². The molecule has 300 valence electrons. The molecule has 0 amide bonds. The first kappa shape index (κ1) is 38.3. The van der Waals surface area contributed by atoms with Gasteiger partial charge in [0.25, 0.3) is 0 Å². The number of fused-ring (bicyclic) bond motifs is 1. The largest absolute Gasteiger partial charge is 0.248 e. The van der Waals surface area contributed by atoms with Crippen molar-refractivity contribution in [2.75, 3.05) is 0 Å². The highest BCUT2D eigenvalue weighted by molar-refractivity contribution is 5.96. The molecule has 0 atom stereocenters. The Kier molecular flexibility index (Phi) is 10.2. The van der Waals surface area contributed by atoms with Gasteiger partial charge in [-0.05, 0) is 88.0 Å². The van der Waals surface area contributed by atoms with Crippen molar-refractivity contribution in [2.45, 2.75) is 0 Å². The molecule has 0 saturated heterocycles. The van der Waals surface area contributed by atoms with Crippen molar-refractivity contribution in [2.24, 2.45) is 0 Å². The topological polar surface area (TPSA) is 51.6 Å². The van der Waals surface area contributed by atoms with E-state index in [1.807, 2.05) is 24.3 Å². The molecule has 11 rings (SSSR count). The third kappa shape index (κ3) is 7.88. The molecule has 0 spiro atoms. The summed E-state index contributed by atoms with van der Waals surface area (Å²) in [5.41, 5.74) is 17.6. The van der Waals surface area contributed by atoms with Crippen molar-refractivity contribution in [1.29, 1.82) is 0 Å². The molecule has 4 nitrogen and oxygen atoms in total. The van der Waals surface area contributed by atoms with Crippen LogP contribution in [0.5, 0.6) is 0 Å². The van der Waals surface area contributed by atoms with Gasteiger partial charge in [0, 0.05) is 38.8 Å². The van der Waals surface area contributed by atoms with Crippen molar-refractivity contribution < 1.29 is 0 Å². The van der Waals surface area contributed by atoms with E-state index in [2.05, 4.69) is 218 Å². The third-order valence-corrected chi connectivity index (χ3v) is 11.6. The molecule has 0 saturated carbocycles. The Hall–Kier alpha value is -8.60. The van der Waals surface area contributed by atoms with Crippen LogP contribution < -0.4 is 0 Å². The molecule has 3 heterocycles. The monoisotopic (exact) mass is 816 g/mol. The van der Waals surface area contributed by atoms with Crippen LogP contribution in [0.2, 0.25) is 0 Å². The smallest absolute Gasteiger partial charge is 0.160 e. The lowest BCUT2D eigenvalue weighted by molar-refractivity contribution is 1.23. The molecule has 11 aromatic rings. The summed E-state index contributed by atoms with van der Waals surface area (Å²) in [6.07, 6.45) is 0. The number of aromatic nitrogens is 4. The minimum absolute atomic E-state index is 0.615. The minimum Gasteiger partial charge on any atom is -0.248 e. The van der Waals surface area contributed by atoms with Crippen molar-refractivity contribution >= 4 is 10.9 Å². The molecule has 8 aromatic carbocycles. The number of hydrogen-bond acceptors (Lipinski definition) is 4. The minimum atomic E-state index is 0.615. The Morgan fingerprint density at radius 1 is 0.203 bits per heavy atom. The van der Waals surface area contributed by atoms with Crippen LogP contribution in [0.4, 0.5) is 0 Å². The van der Waals surface area contributed by atoms with Crippen molar-refractivity contribution in [3.8, 4) is 101 Å². The van der Waals surface area contributed by atoms with Crippen LogP contribution >= 0.6 is 0 Å². The lowest BCUT2D eigenvalue weighted by atomic mass is 9.95. The summed E-state index contributed by atoms with van der Waals surface area (Å²) in [4.78, 5) is 21.6. The molecular formula is C60H40N4. The van der Waals surface area contributed by atoms with Gasteiger partial charge < -0.3 is 0 Å². The van der Waals surface area contributed by atoms with Gasteiger partial charge in [0.2, 0.25) is 0 Å². The fraction of sp³-hybridized carbons (Fsp3) is 0. The predicted molar refractivity (Wildman–Crippen MR) is 264 cm³/mol. The van der Waals surface area contributed by atoms with Gasteiger partial charge in [-0.2, -0.15) is 0 Å². The van der Waals surface area contributed by atoms with Crippen LogP contribution in [-0.2, 0) is 0 Å². The zero-order valence-electron chi connectivity index (χ0n) is 34.9. The van der Waals surface area contributed by atoms with Crippen LogP contribution in [0.1, 0.15) is 0 Å². The molecule has 0 fully saturated rings. The first-order chi connectivity index (χ1) is 31.7. The maximum Gasteiger partial charge on any atom is 0.160 e. The zero-order chi connectivity index (χ0) is 42.7. The zero-order valence-corrected chi connectivity index (χ0v) is 34.9. The quantitative estimate of drug-likeness (QED) is 0.146. The average Bonchev–Trinajstić information content (AvgIpc) is 3.39. The van der Waals surface area contributed by atoms with Crippen LogP contribution in [0.3, 0.4) is 0 Å². The lowest BCUT2D eigenvalue weighted by Gasteiger charge is -2.15. The predicted octanol–water partition coefficient (Wildman–Crippen LogP) is 15.4. The number of rotatable bonds is 9. The molecule has 0 aliphatic carbocycles. The second kappa shape index (κ2) is 17.0. The van der Waals surface area contributed by atoms with Crippen molar-refractivity contribution in [3.05, 3.63) is 243 Å². The second-order valence-electron chi connectivity index (χ2n) is 15.9. The standard InChI is InChI=1S/C60H40N4/c1-7-19-41(20-8-1)47-31-32-53-58(36-47)63-60(64-59(53)46-29-17-6-18-30-46)52-34-50(56-39-48(42-21-9-2-10-22-42)37-54(61-56)44-25-13-4-14-26-44)33-51(35-52)57-40-49(43-23-11-3-12-24-43)38-55(62-57)45-27-15-5-16-28-45/h1-40H. The van der Waals surface area contributed by atoms with Crippen LogP contribution in [-0.4, -0.2) is 19.9 Å². The number of pyridine rings is 2. The highest BCUT2D eigenvalue weighted by Crippen LogP contribution is 2.39. The summed E-state index contributed by atoms with van der Waals surface area (Å²) in [6.45, 7) is 0. The number of benzene rings is 8. The van der Waals surface area contributed by atoms with Crippen LogP contribution in [0.25, 0.3) is 112 Å². The first-order valence-electron chi connectivity index (χ1n) is 21.5. The van der Waals surface area contributed by atoms with Gasteiger partial charge in [-0.3, -0.25) is 0 Å². The average molecular weight is 817 g/mol. The lowest BCUT2D eigenvalue weighted by Crippen LogP contribution is -1.98. The highest BCUT2D eigenvalue weighted by Gasteiger charge is 2.18. The summed E-state index contributed by atoms with van der Waals surface area (Å²) in [7, 11) is 0. The van der Waals surface area contributed by atoms with Gasteiger partial charge in [0.05, 0.1) is 34.0 Å². The summed E-state index contributed by atoms with van der Waals surface area (Å²) in [5, 5.41) is 0.987. The summed E-state index contributed by atoms with van der Waals surface area (Å²) >= 11 is 0. The fourth-order valence-electron chi connectivity index (χ4n) is 8.40. The molecule has 0 N–H and O–H groups in total. The Morgan fingerprint density at radius 2 is 0.562 bits per heavy atom. The van der Waals surface area contributed by atoms with E-state index < -0.39 is 0 Å². The van der Waals surface area contributed by atoms with Crippen LogP contribution in [0, 0.1) is 0 Å². The van der Waals surface area contributed by atoms with Gasteiger partial charge in [0.1, 0.15) is 0 Å². The molecule has 64 heavy (non-hydrogen) atoms. The van der Waals surface area contributed by atoms with E-state index in [-0.39, 0.29) is 0 Å². The summed E-state index contributed by atoms with van der Waals surface area (Å²) in [6, 6.07) is 84.5. The van der Waals surface area contributed by atoms with E-state index >= 15 is 0 Å². The fourth-order valence-corrected chi connectivity index (χ4v) is 8.40.